The lowest BCUT2D eigenvalue weighted by molar-refractivity contribution is -0.131. The quantitative estimate of drug-likeness (QED) is 0.853. The lowest BCUT2D eigenvalue weighted by atomic mass is 9.92. The van der Waals surface area contributed by atoms with Crippen LogP contribution in [0.25, 0.3) is 0 Å². The molecular weight excluding hydrogens is 335 g/mol. The fraction of sp³-hybridized carbons (Fsp3) is 0.176. The molecule has 2 aromatic rings. The first-order valence-electron chi connectivity index (χ1n) is 7.05. The zero-order valence-electron chi connectivity index (χ0n) is 12.3. The molecule has 1 atom stereocenters. The summed E-state index contributed by atoms with van der Waals surface area (Å²) in [6.45, 7) is 1.85. The van der Waals surface area contributed by atoms with Crippen LogP contribution in [0, 0.1) is 0 Å². The highest BCUT2D eigenvalue weighted by Gasteiger charge is 2.48. The number of nitrogens with zero attached hydrogens (tertiary/aromatic N) is 1. The third kappa shape index (κ3) is 2.80. The van der Waals surface area contributed by atoms with Crippen LogP contribution in [0.5, 0.6) is 0 Å². The average Bonchev–Trinajstić information content (AvgIpc) is 2.76. The van der Waals surface area contributed by atoms with Crippen molar-refractivity contribution in [2.75, 3.05) is 0 Å². The predicted octanol–water partition coefficient (Wildman–Crippen LogP) is 3.96. The van der Waals surface area contributed by atoms with Gasteiger partial charge < -0.3 is 5.32 Å². The van der Waals surface area contributed by atoms with Crippen molar-refractivity contribution in [1.82, 2.24) is 10.2 Å². The summed E-state index contributed by atoms with van der Waals surface area (Å²) in [4.78, 5) is 26.2. The Hall–Kier alpha value is -2.04. The summed E-state index contributed by atoms with van der Waals surface area (Å²) in [5.74, 6) is -0.292. The molecule has 23 heavy (non-hydrogen) atoms. The van der Waals surface area contributed by atoms with Crippen molar-refractivity contribution in [3.8, 4) is 0 Å². The summed E-state index contributed by atoms with van der Waals surface area (Å²) in [6.07, 6.45) is 0. The minimum Gasteiger partial charge on any atom is -0.319 e. The van der Waals surface area contributed by atoms with Gasteiger partial charge in [0.2, 0.25) is 0 Å². The molecule has 0 spiro atoms. The fourth-order valence-corrected chi connectivity index (χ4v) is 2.95. The molecule has 4 nitrogen and oxygen atoms in total. The van der Waals surface area contributed by atoms with E-state index in [1.54, 1.807) is 25.1 Å². The molecule has 1 fully saturated rings. The average molecular weight is 349 g/mol. The Balaban J connectivity index is 1.88. The highest BCUT2D eigenvalue weighted by molar-refractivity contribution is 6.42. The second-order valence-electron chi connectivity index (χ2n) is 5.56. The van der Waals surface area contributed by atoms with Gasteiger partial charge >= 0.3 is 6.03 Å². The normalized spacial score (nSPS) is 20.7. The first kappa shape index (κ1) is 15.8. The number of carbonyl (C=O) groups is 2. The second kappa shape index (κ2) is 5.87. The summed E-state index contributed by atoms with van der Waals surface area (Å²) < 4.78 is 0. The highest BCUT2D eigenvalue weighted by atomic mass is 35.5. The van der Waals surface area contributed by atoms with Gasteiger partial charge in [-0.25, -0.2) is 4.79 Å². The Morgan fingerprint density at radius 1 is 1.04 bits per heavy atom. The van der Waals surface area contributed by atoms with Crippen molar-refractivity contribution >= 4 is 35.1 Å². The molecular formula is C17H14Cl2N2O2. The van der Waals surface area contributed by atoms with Crippen LogP contribution < -0.4 is 5.32 Å². The Morgan fingerprint density at radius 3 is 2.39 bits per heavy atom. The molecule has 3 amide bonds. The Kier molecular flexibility index (Phi) is 4.04. The molecule has 0 unspecified atom stereocenters. The van der Waals surface area contributed by atoms with Gasteiger partial charge in [0.05, 0.1) is 16.6 Å². The second-order valence-corrected chi connectivity index (χ2v) is 6.38. The summed E-state index contributed by atoms with van der Waals surface area (Å²) in [7, 11) is 0. The van der Waals surface area contributed by atoms with Gasteiger partial charge in [-0.2, -0.15) is 0 Å². The van der Waals surface area contributed by atoms with Crippen molar-refractivity contribution < 1.29 is 9.59 Å². The maximum atomic E-state index is 12.8. The number of hydrogen-bond acceptors (Lipinski definition) is 2. The minimum atomic E-state index is -1.06. The van der Waals surface area contributed by atoms with Crippen molar-refractivity contribution in [3.63, 3.8) is 0 Å². The van der Waals surface area contributed by atoms with Crippen LogP contribution in [0.1, 0.15) is 18.1 Å². The Bertz CT molecular complexity index is 779. The van der Waals surface area contributed by atoms with Gasteiger partial charge in [0.25, 0.3) is 5.91 Å². The predicted molar refractivity (Wildman–Crippen MR) is 89.3 cm³/mol. The molecule has 118 valence electrons. The van der Waals surface area contributed by atoms with Crippen LogP contribution >= 0.6 is 23.2 Å². The van der Waals surface area contributed by atoms with Gasteiger partial charge in [-0.15, -0.1) is 0 Å². The zero-order valence-corrected chi connectivity index (χ0v) is 13.9. The van der Waals surface area contributed by atoms with E-state index >= 15 is 0 Å². The van der Waals surface area contributed by atoms with Gasteiger partial charge in [0, 0.05) is 0 Å². The van der Waals surface area contributed by atoms with E-state index in [1.807, 2.05) is 30.3 Å². The molecule has 1 saturated heterocycles. The number of imide groups is 1. The number of urea groups is 1. The van der Waals surface area contributed by atoms with Crippen molar-refractivity contribution in [2.45, 2.75) is 19.0 Å². The van der Waals surface area contributed by atoms with E-state index in [1.165, 1.54) is 4.90 Å². The number of rotatable bonds is 3. The molecule has 0 saturated carbocycles. The number of hydrogen-bond donors (Lipinski definition) is 1. The van der Waals surface area contributed by atoms with Crippen LogP contribution in [-0.4, -0.2) is 16.8 Å². The number of benzene rings is 2. The third-order valence-electron chi connectivity index (χ3n) is 3.95. The van der Waals surface area contributed by atoms with E-state index in [9.17, 15) is 9.59 Å². The van der Waals surface area contributed by atoms with Crippen LogP contribution in [0.4, 0.5) is 4.79 Å². The molecule has 1 aliphatic heterocycles. The molecule has 2 aromatic carbocycles. The lowest BCUT2D eigenvalue weighted by Gasteiger charge is -2.22. The Labute approximate surface area is 144 Å². The van der Waals surface area contributed by atoms with Crippen molar-refractivity contribution in [3.05, 3.63) is 69.7 Å². The molecule has 0 radical (unpaired) electrons. The molecule has 0 aliphatic carbocycles. The smallest absolute Gasteiger partial charge is 0.319 e. The van der Waals surface area contributed by atoms with E-state index in [2.05, 4.69) is 5.32 Å². The van der Waals surface area contributed by atoms with E-state index in [-0.39, 0.29) is 12.5 Å². The molecule has 0 aromatic heterocycles. The molecule has 1 aliphatic rings. The van der Waals surface area contributed by atoms with Crippen molar-refractivity contribution in [1.29, 1.82) is 0 Å². The third-order valence-corrected chi connectivity index (χ3v) is 4.69. The fourth-order valence-electron chi connectivity index (χ4n) is 2.63. The number of halogens is 2. The van der Waals surface area contributed by atoms with Crippen LogP contribution in [0.15, 0.2) is 48.5 Å². The van der Waals surface area contributed by atoms with Gasteiger partial charge in [-0.1, -0.05) is 59.6 Å². The van der Waals surface area contributed by atoms with Gasteiger partial charge in [-0.05, 0) is 30.2 Å². The Morgan fingerprint density at radius 2 is 1.74 bits per heavy atom. The first-order valence-corrected chi connectivity index (χ1v) is 7.81. The largest absolute Gasteiger partial charge is 0.325 e. The molecule has 1 heterocycles. The van der Waals surface area contributed by atoms with Crippen molar-refractivity contribution in [2.24, 2.45) is 0 Å². The van der Waals surface area contributed by atoms with Crippen LogP contribution in [-0.2, 0) is 16.9 Å². The first-order chi connectivity index (χ1) is 10.9. The van der Waals surface area contributed by atoms with E-state index in [0.717, 1.165) is 11.1 Å². The maximum absolute atomic E-state index is 12.8. The minimum absolute atomic E-state index is 0.143. The zero-order chi connectivity index (χ0) is 16.6. The number of nitrogens with one attached hydrogen (secondary N) is 1. The standard InChI is InChI=1S/C17H14Cl2N2O2/c1-17(12-5-3-2-4-6-12)15(22)21(16(23)20-17)10-11-7-8-13(18)14(19)9-11/h2-9H,10H2,1H3,(H,20,23)/t17-/m0/s1. The highest BCUT2D eigenvalue weighted by Crippen LogP contribution is 2.30. The van der Waals surface area contributed by atoms with Crippen LogP contribution in [0.3, 0.4) is 0 Å². The molecule has 1 N–H and O–H groups in total. The monoisotopic (exact) mass is 348 g/mol. The molecule has 6 heteroatoms. The number of amides is 3. The van der Waals surface area contributed by atoms with Gasteiger partial charge in [0.1, 0.15) is 5.54 Å². The number of carbonyl (C=O) groups excluding carboxylic acids is 2. The van der Waals surface area contributed by atoms with E-state index < -0.39 is 11.6 Å². The van der Waals surface area contributed by atoms with Gasteiger partial charge in [-0.3, -0.25) is 9.69 Å². The van der Waals surface area contributed by atoms with E-state index in [4.69, 9.17) is 23.2 Å². The summed E-state index contributed by atoms with van der Waals surface area (Å²) in [6, 6.07) is 13.8. The topological polar surface area (TPSA) is 49.4 Å². The summed E-state index contributed by atoms with van der Waals surface area (Å²) in [5.41, 5.74) is 0.421. The molecule has 3 rings (SSSR count). The van der Waals surface area contributed by atoms with Gasteiger partial charge in [0.15, 0.2) is 0 Å². The SMILES string of the molecule is C[C@@]1(c2ccccc2)NC(=O)N(Cc2ccc(Cl)c(Cl)c2)C1=O. The maximum Gasteiger partial charge on any atom is 0.325 e. The summed E-state index contributed by atoms with van der Waals surface area (Å²) in [5, 5.41) is 3.59. The summed E-state index contributed by atoms with van der Waals surface area (Å²) >= 11 is 11.9. The molecule has 0 bridgehead atoms. The van der Waals surface area contributed by atoms with Crippen LogP contribution in [0.2, 0.25) is 10.0 Å². The van der Waals surface area contributed by atoms with E-state index in [0.29, 0.717) is 10.0 Å². The lowest BCUT2D eigenvalue weighted by Crippen LogP contribution is -2.40.